The number of fused-ring (bicyclic) bond motifs is 2. The van der Waals surface area contributed by atoms with Crippen molar-refractivity contribution in [1.82, 2.24) is 9.97 Å². The van der Waals surface area contributed by atoms with Crippen molar-refractivity contribution in [3.8, 4) is 45.0 Å². The molecule has 1 heterocycles. The minimum absolute atomic E-state index is 0.709. The Hall–Kier alpha value is -6.90. The zero-order chi connectivity index (χ0) is 34.2. The van der Waals surface area contributed by atoms with Gasteiger partial charge in [-0.1, -0.05) is 164 Å². The minimum atomic E-state index is 0.709. The Morgan fingerprint density at radius 2 is 0.750 bits per heavy atom. The van der Waals surface area contributed by atoms with Crippen LogP contribution in [0.5, 0.6) is 0 Å². The van der Waals surface area contributed by atoms with Gasteiger partial charge in [-0.2, -0.15) is 0 Å². The van der Waals surface area contributed by atoms with Gasteiger partial charge in [0.2, 0.25) is 0 Å². The zero-order valence-electron chi connectivity index (χ0n) is 28.2. The molecule has 11 aromatic rings. The summed E-state index contributed by atoms with van der Waals surface area (Å²) in [6.45, 7) is 0. The first-order valence-corrected chi connectivity index (χ1v) is 17.8. The van der Waals surface area contributed by atoms with Crippen LogP contribution in [0.1, 0.15) is 0 Å². The summed E-state index contributed by atoms with van der Waals surface area (Å²) in [5.74, 6) is 0.709. The van der Waals surface area contributed by atoms with Gasteiger partial charge in [-0.25, -0.2) is 9.97 Å². The number of hydrogen-bond donors (Lipinski definition) is 0. The Bertz CT molecular complexity index is 3160. The first-order chi connectivity index (χ1) is 25.8. The number of rotatable bonds is 4. The van der Waals surface area contributed by atoms with Gasteiger partial charge in [0.1, 0.15) is 0 Å². The van der Waals surface area contributed by atoms with Crippen molar-refractivity contribution in [2.75, 3.05) is 0 Å². The fraction of sp³-hybridized carbons (Fsp3) is 0. The largest absolute Gasteiger partial charge is 0.228 e. The molecule has 240 valence electrons. The Labute approximate surface area is 300 Å². The lowest BCUT2D eigenvalue weighted by atomic mass is 9.87. The molecule has 1 aromatic heterocycles. The van der Waals surface area contributed by atoms with E-state index in [-0.39, 0.29) is 0 Å². The van der Waals surface area contributed by atoms with Crippen LogP contribution in [0, 0.1) is 0 Å². The van der Waals surface area contributed by atoms with E-state index in [0.29, 0.717) is 5.82 Å². The van der Waals surface area contributed by atoms with Gasteiger partial charge < -0.3 is 0 Å². The molecule has 0 aliphatic heterocycles. The minimum Gasteiger partial charge on any atom is -0.228 e. The molecule has 0 bridgehead atoms. The molecule has 0 unspecified atom stereocenters. The van der Waals surface area contributed by atoms with Gasteiger partial charge in [0, 0.05) is 16.7 Å². The van der Waals surface area contributed by atoms with Gasteiger partial charge in [0.05, 0.1) is 11.4 Å². The van der Waals surface area contributed by atoms with Gasteiger partial charge >= 0.3 is 0 Å². The normalized spacial score (nSPS) is 11.8. The Morgan fingerprint density at radius 3 is 1.37 bits per heavy atom. The van der Waals surface area contributed by atoms with Crippen LogP contribution in [0.3, 0.4) is 0 Å². The van der Waals surface area contributed by atoms with Crippen molar-refractivity contribution in [3.05, 3.63) is 182 Å². The van der Waals surface area contributed by atoms with Crippen LogP contribution in [0.25, 0.3) is 110 Å². The quantitative estimate of drug-likeness (QED) is 0.176. The van der Waals surface area contributed by atoms with E-state index in [9.17, 15) is 0 Å². The third-order valence-corrected chi connectivity index (χ3v) is 10.8. The monoisotopic (exact) mass is 658 g/mol. The average Bonchev–Trinajstić information content (AvgIpc) is 3.22. The molecule has 2 heteroatoms. The fourth-order valence-electron chi connectivity index (χ4n) is 8.46. The predicted molar refractivity (Wildman–Crippen MR) is 220 cm³/mol. The highest BCUT2D eigenvalue weighted by molar-refractivity contribution is 6.37. The number of nitrogens with zero attached hydrogens (tertiary/aromatic N) is 2. The van der Waals surface area contributed by atoms with Crippen molar-refractivity contribution in [2.45, 2.75) is 0 Å². The Morgan fingerprint density at radius 1 is 0.269 bits per heavy atom. The third kappa shape index (κ3) is 4.38. The van der Waals surface area contributed by atoms with Crippen molar-refractivity contribution in [1.29, 1.82) is 0 Å². The molecular weight excluding hydrogens is 629 g/mol. The van der Waals surface area contributed by atoms with Gasteiger partial charge in [0.15, 0.2) is 5.82 Å². The van der Waals surface area contributed by atoms with Gasteiger partial charge in [0.25, 0.3) is 0 Å². The van der Waals surface area contributed by atoms with Crippen LogP contribution in [0.2, 0.25) is 0 Å². The molecule has 0 radical (unpaired) electrons. The van der Waals surface area contributed by atoms with E-state index in [2.05, 4.69) is 176 Å². The predicted octanol–water partition coefficient (Wildman–Crippen LogP) is 13.5. The summed E-state index contributed by atoms with van der Waals surface area (Å²) in [6.07, 6.45) is 0. The summed E-state index contributed by atoms with van der Waals surface area (Å²) in [5, 5.41) is 15.2. The molecule has 0 atom stereocenters. The van der Waals surface area contributed by atoms with Crippen LogP contribution in [0.4, 0.5) is 0 Å². The lowest BCUT2D eigenvalue weighted by Gasteiger charge is -2.17. The highest BCUT2D eigenvalue weighted by Crippen LogP contribution is 2.44. The molecule has 0 aliphatic carbocycles. The second-order valence-electron chi connectivity index (χ2n) is 13.7. The SMILES string of the molecule is c1ccc(-c2nc(-c3cc4ccc5cccc6c7cccc8ccc9cccc(c(c3)c4c56)c9c87)cc(-c3ccccc3-c3ccccc3)n2)cc1. The maximum absolute atomic E-state index is 5.32. The second-order valence-corrected chi connectivity index (χ2v) is 13.7. The van der Waals surface area contributed by atoms with Crippen molar-refractivity contribution < 1.29 is 0 Å². The smallest absolute Gasteiger partial charge is 0.160 e. The highest BCUT2D eigenvalue weighted by atomic mass is 14.9. The van der Waals surface area contributed by atoms with E-state index in [1.807, 2.05) is 6.07 Å². The lowest BCUT2D eigenvalue weighted by Crippen LogP contribution is -1.97. The first-order valence-electron chi connectivity index (χ1n) is 17.8. The standard InChI is InChI=1S/C50H30N2/c1-3-12-31(13-4-1)38-19-7-8-20-39(38)45-30-44(51-50(52-45)35-14-5-2-6-15-35)37-28-36-27-26-34-17-10-22-41-40-21-9-16-32-24-25-33-18-11-23-42(48(33)46(32)40)43(29-37)49(36)47(34)41/h1-30H. The molecular formula is C50H30N2. The Kier molecular flexibility index (Phi) is 6.28. The summed E-state index contributed by atoms with van der Waals surface area (Å²) >= 11 is 0. The summed E-state index contributed by atoms with van der Waals surface area (Å²) in [6, 6.07) is 65.7. The number of aromatic nitrogens is 2. The Balaban J connectivity index is 1.28. The number of hydrogen-bond acceptors (Lipinski definition) is 2. The van der Waals surface area contributed by atoms with E-state index in [1.165, 1.54) is 64.6 Å². The van der Waals surface area contributed by atoms with Gasteiger partial charge in [-0.15, -0.1) is 0 Å². The average molecular weight is 659 g/mol. The van der Waals surface area contributed by atoms with E-state index in [4.69, 9.17) is 9.97 Å². The molecule has 10 aromatic carbocycles. The molecule has 2 nitrogen and oxygen atoms in total. The van der Waals surface area contributed by atoms with Crippen LogP contribution in [-0.4, -0.2) is 9.97 Å². The third-order valence-electron chi connectivity index (χ3n) is 10.8. The van der Waals surface area contributed by atoms with Gasteiger partial charge in [-0.3, -0.25) is 0 Å². The maximum atomic E-state index is 5.32. The second kappa shape index (κ2) is 11.3. The molecule has 0 amide bonds. The topological polar surface area (TPSA) is 25.8 Å². The van der Waals surface area contributed by atoms with Crippen molar-refractivity contribution in [3.63, 3.8) is 0 Å². The van der Waals surface area contributed by atoms with Crippen LogP contribution in [0.15, 0.2) is 182 Å². The van der Waals surface area contributed by atoms with Crippen LogP contribution in [-0.2, 0) is 0 Å². The molecule has 0 aliphatic rings. The summed E-state index contributed by atoms with van der Waals surface area (Å²) in [4.78, 5) is 10.6. The number of benzene rings is 9. The van der Waals surface area contributed by atoms with Crippen molar-refractivity contribution in [2.24, 2.45) is 0 Å². The fourth-order valence-corrected chi connectivity index (χ4v) is 8.46. The summed E-state index contributed by atoms with van der Waals surface area (Å²) in [5.41, 5.74) is 7.22. The van der Waals surface area contributed by atoms with E-state index in [0.717, 1.165) is 39.2 Å². The maximum Gasteiger partial charge on any atom is 0.160 e. The molecule has 11 rings (SSSR count). The summed E-state index contributed by atoms with van der Waals surface area (Å²) in [7, 11) is 0. The highest BCUT2D eigenvalue weighted by Gasteiger charge is 2.18. The summed E-state index contributed by atoms with van der Waals surface area (Å²) < 4.78 is 0. The first kappa shape index (κ1) is 28.9. The van der Waals surface area contributed by atoms with Crippen LogP contribution >= 0.6 is 0 Å². The molecule has 0 saturated heterocycles. The van der Waals surface area contributed by atoms with E-state index >= 15 is 0 Å². The molecule has 0 spiro atoms. The molecule has 0 N–H and O–H groups in total. The molecule has 0 saturated carbocycles. The van der Waals surface area contributed by atoms with Gasteiger partial charge in [-0.05, 0) is 94.0 Å². The van der Waals surface area contributed by atoms with Crippen LogP contribution < -0.4 is 0 Å². The van der Waals surface area contributed by atoms with E-state index < -0.39 is 0 Å². The lowest BCUT2D eigenvalue weighted by molar-refractivity contribution is 1.18. The zero-order valence-corrected chi connectivity index (χ0v) is 28.2. The van der Waals surface area contributed by atoms with Crippen molar-refractivity contribution >= 4 is 64.6 Å². The molecule has 0 fully saturated rings. The van der Waals surface area contributed by atoms with E-state index in [1.54, 1.807) is 0 Å². The molecule has 52 heavy (non-hydrogen) atoms.